The fourth-order valence-electron chi connectivity index (χ4n) is 2.25. The van der Waals surface area contributed by atoms with Gasteiger partial charge in [0.05, 0.1) is 11.5 Å². The van der Waals surface area contributed by atoms with Crippen LogP contribution in [0.4, 0.5) is 0 Å². The molecule has 0 radical (unpaired) electrons. The third-order valence-corrected chi connectivity index (χ3v) is 5.39. The normalized spacial score (nSPS) is 12.2. The SMILES string of the molecule is CCOc1ccc(S(=O)(=O)NCCNC(=O)C(C)Oc2ccc(Cl)cc2)cc1. The summed E-state index contributed by atoms with van der Waals surface area (Å²) >= 11 is 5.80. The maximum Gasteiger partial charge on any atom is 0.260 e. The molecule has 7 nitrogen and oxygen atoms in total. The molecule has 152 valence electrons. The van der Waals surface area contributed by atoms with Gasteiger partial charge in [-0.05, 0) is 62.4 Å². The number of hydrogen-bond donors (Lipinski definition) is 2. The number of benzene rings is 2. The van der Waals surface area contributed by atoms with E-state index in [0.29, 0.717) is 23.1 Å². The van der Waals surface area contributed by atoms with Gasteiger partial charge in [-0.25, -0.2) is 13.1 Å². The zero-order valence-corrected chi connectivity index (χ0v) is 17.2. The van der Waals surface area contributed by atoms with E-state index in [1.165, 1.54) is 12.1 Å². The highest BCUT2D eigenvalue weighted by Crippen LogP contribution is 2.17. The maximum absolute atomic E-state index is 12.2. The van der Waals surface area contributed by atoms with Gasteiger partial charge in [0.2, 0.25) is 10.0 Å². The lowest BCUT2D eigenvalue weighted by molar-refractivity contribution is -0.127. The Morgan fingerprint density at radius 2 is 1.64 bits per heavy atom. The fourth-order valence-corrected chi connectivity index (χ4v) is 3.41. The van der Waals surface area contributed by atoms with E-state index in [-0.39, 0.29) is 23.9 Å². The number of amides is 1. The molecule has 0 saturated carbocycles. The van der Waals surface area contributed by atoms with Gasteiger partial charge in [-0.2, -0.15) is 0 Å². The van der Waals surface area contributed by atoms with Crippen molar-refractivity contribution in [1.82, 2.24) is 10.0 Å². The van der Waals surface area contributed by atoms with Crippen LogP contribution in [-0.4, -0.2) is 40.1 Å². The van der Waals surface area contributed by atoms with E-state index in [4.69, 9.17) is 21.1 Å². The Morgan fingerprint density at radius 3 is 2.25 bits per heavy atom. The lowest BCUT2D eigenvalue weighted by Gasteiger charge is -2.15. The average Bonchev–Trinajstić information content (AvgIpc) is 2.67. The molecule has 1 amide bonds. The van der Waals surface area contributed by atoms with E-state index in [9.17, 15) is 13.2 Å². The van der Waals surface area contributed by atoms with Crippen LogP contribution in [0.3, 0.4) is 0 Å². The summed E-state index contributed by atoms with van der Waals surface area (Å²) in [6.45, 7) is 4.14. The molecule has 0 aromatic heterocycles. The summed E-state index contributed by atoms with van der Waals surface area (Å²) in [6.07, 6.45) is -0.733. The molecule has 0 aliphatic rings. The van der Waals surface area contributed by atoms with Crippen molar-refractivity contribution in [2.45, 2.75) is 24.8 Å². The molecule has 0 fully saturated rings. The van der Waals surface area contributed by atoms with Gasteiger partial charge in [0, 0.05) is 18.1 Å². The highest BCUT2D eigenvalue weighted by atomic mass is 35.5. The Labute approximate surface area is 170 Å². The number of carbonyl (C=O) groups is 1. The zero-order chi connectivity index (χ0) is 20.6. The van der Waals surface area contributed by atoms with Crippen LogP contribution >= 0.6 is 11.6 Å². The van der Waals surface area contributed by atoms with Gasteiger partial charge < -0.3 is 14.8 Å². The first-order valence-corrected chi connectivity index (χ1v) is 10.6. The minimum atomic E-state index is -3.66. The second-order valence-corrected chi connectivity index (χ2v) is 8.01. The molecule has 28 heavy (non-hydrogen) atoms. The van der Waals surface area contributed by atoms with E-state index < -0.39 is 16.1 Å². The quantitative estimate of drug-likeness (QED) is 0.569. The predicted octanol–water partition coefficient (Wildman–Crippen LogP) is 2.60. The molecule has 2 N–H and O–H groups in total. The van der Waals surface area contributed by atoms with Gasteiger partial charge in [0.1, 0.15) is 11.5 Å². The minimum Gasteiger partial charge on any atom is -0.494 e. The van der Waals surface area contributed by atoms with Gasteiger partial charge in [-0.15, -0.1) is 0 Å². The van der Waals surface area contributed by atoms with Crippen LogP contribution in [0, 0.1) is 0 Å². The van der Waals surface area contributed by atoms with Gasteiger partial charge in [-0.1, -0.05) is 11.6 Å². The van der Waals surface area contributed by atoms with Crippen molar-refractivity contribution in [1.29, 1.82) is 0 Å². The Kier molecular flexibility index (Phi) is 8.10. The third-order valence-electron chi connectivity index (χ3n) is 3.66. The fraction of sp³-hybridized carbons (Fsp3) is 0.316. The molecule has 2 aromatic rings. The van der Waals surface area contributed by atoms with E-state index in [1.54, 1.807) is 43.3 Å². The van der Waals surface area contributed by atoms with Crippen molar-refractivity contribution in [2.75, 3.05) is 19.7 Å². The number of nitrogens with one attached hydrogen (secondary N) is 2. The Bertz CT molecular complexity index is 870. The summed E-state index contributed by atoms with van der Waals surface area (Å²) in [5.74, 6) is 0.766. The molecule has 2 rings (SSSR count). The van der Waals surface area contributed by atoms with Gasteiger partial charge >= 0.3 is 0 Å². The van der Waals surface area contributed by atoms with Crippen molar-refractivity contribution in [3.63, 3.8) is 0 Å². The van der Waals surface area contributed by atoms with E-state index in [1.807, 2.05) is 6.92 Å². The lowest BCUT2D eigenvalue weighted by atomic mass is 10.3. The number of carbonyl (C=O) groups excluding carboxylic acids is 1. The van der Waals surface area contributed by atoms with E-state index in [2.05, 4.69) is 10.0 Å². The number of ether oxygens (including phenoxy) is 2. The second kappa shape index (κ2) is 10.3. The average molecular weight is 427 g/mol. The standard InChI is InChI=1S/C19H23ClN2O5S/c1-3-26-16-8-10-18(11-9-16)28(24,25)22-13-12-21-19(23)14(2)27-17-6-4-15(20)5-7-17/h4-11,14,22H,3,12-13H2,1-2H3,(H,21,23). The van der Waals surface area contributed by atoms with Crippen LogP contribution in [0.15, 0.2) is 53.4 Å². The summed E-state index contributed by atoms with van der Waals surface area (Å²) in [4.78, 5) is 12.2. The van der Waals surface area contributed by atoms with Gasteiger partial charge in [0.15, 0.2) is 6.10 Å². The largest absolute Gasteiger partial charge is 0.494 e. The number of sulfonamides is 1. The zero-order valence-electron chi connectivity index (χ0n) is 15.6. The molecule has 0 spiro atoms. The van der Waals surface area contributed by atoms with Gasteiger partial charge in [0.25, 0.3) is 5.91 Å². The van der Waals surface area contributed by atoms with Crippen LogP contribution in [0.2, 0.25) is 5.02 Å². The topological polar surface area (TPSA) is 93.7 Å². The summed E-state index contributed by atoms with van der Waals surface area (Å²) in [5.41, 5.74) is 0. The molecular formula is C19H23ClN2O5S. The Balaban J connectivity index is 1.77. The summed E-state index contributed by atoms with van der Waals surface area (Å²) in [6, 6.07) is 12.8. The van der Waals surface area contributed by atoms with Crippen molar-refractivity contribution < 1.29 is 22.7 Å². The maximum atomic E-state index is 12.2. The molecule has 9 heteroatoms. The van der Waals surface area contributed by atoms with Crippen molar-refractivity contribution in [2.24, 2.45) is 0 Å². The molecule has 1 atom stereocenters. The monoisotopic (exact) mass is 426 g/mol. The summed E-state index contributed by atoms with van der Waals surface area (Å²) in [5, 5.41) is 3.20. The first-order chi connectivity index (χ1) is 13.3. The predicted molar refractivity (Wildman–Crippen MR) is 107 cm³/mol. The van der Waals surface area contributed by atoms with Gasteiger partial charge in [-0.3, -0.25) is 4.79 Å². The minimum absolute atomic E-state index is 0.0505. The number of halogens is 1. The Morgan fingerprint density at radius 1 is 1.04 bits per heavy atom. The van der Waals surface area contributed by atoms with Crippen LogP contribution in [0.25, 0.3) is 0 Å². The van der Waals surface area contributed by atoms with Crippen LogP contribution < -0.4 is 19.5 Å². The summed E-state index contributed by atoms with van der Waals surface area (Å²) in [7, 11) is -3.66. The first-order valence-electron chi connectivity index (χ1n) is 8.74. The highest BCUT2D eigenvalue weighted by molar-refractivity contribution is 7.89. The molecule has 2 aromatic carbocycles. The molecule has 0 saturated heterocycles. The van der Waals surface area contributed by atoms with Crippen LogP contribution in [-0.2, 0) is 14.8 Å². The second-order valence-electron chi connectivity index (χ2n) is 5.81. The number of rotatable bonds is 10. The molecule has 0 bridgehead atoms. The molecule has 0 aliphatic heterocycles. The first kappa shape index (κ1) is 22.0. The molecule has 1 unspecified atom stereocenters. The highest BCUT2D eigenvalue weighted by Gasteiger charge is 2.16. The van der Waals surface area contributed by atoms with Crippen molar-refractivity contribution >= 4 is 27.5 Å². The lowest BCUT2D eigenvalue weighted by Crippen LogP contribution is -2.40. The van der Waals surface area contributed by atoms with Crippen molar-refractivity contribution in [3.8, 4) is 11.5 Å². The van der Waals surface area contributed by atoms with Crippen molar-refractivity contribution in [3.05, 3.63) is 53.6 Å². The molecule has 0 heterocycles. The van der Waals surface area contributed by atoms with E-state index in [0.717, 1.165) is 0 Å². The molecular weight excluding hydrogens is 404 g/mol. The third kappa shape index (κ3) is 6.70. The molecule has 0 aliphatic carbocycles. The van der Waals surface area contributed by atoms with Crippen LogP contribution in [0.5, 0.6) is 11.5 Å². The Hall–Kier alpha value is -2.29. The van der Waals surface area contributed by atoms with Crippen LogP contribution in [0.1, 0.15) is 13.8 Å². The van der Waals surface area contributed by atoms with E-state index >= 15 is 0 Å². The number of hydrogen-bond acceptors (Lipinski definition) is 5. The smallest absolute Gasteiger partial charge is 0.260 e. The summed E-state index contributed by atoms with van der Waals surface area (Å²) < 4.78 is 37.7.